The van der Waals surface area contributed by atoms with Crippen molar-refractivity contribution in [3.05, 3.63) is 47.2 Å². The predicted molar refractivity (Wildman–Crippen MR) is 120 cm³/mol. The van der Waals surface area contributed by atoms with Crippen molar-refractivity contribution in [2.75, 3.05) is 17.6 Å². The van der Waals surface area contributed by atoms with E-state index in [9.17, 15) is 4.79 Å². The van der Waals surface area contributed by atoms with Crippen LogP contribution in [0.3, 0.4) is 0 Å². The third-order valence-corrected chi connectivity index (χ3v) is 6.80. The summed E-state index contributed by atoms with van der Waals surface area (Å²) in [4.78, 5) is 20.6. The molecule has 3 aromatic rings. The van der Waals surface area contributed by atoms with Crippen LogP contribution in [0.25, 0.3) is 5.52 Å². The Morgan fingerprint density at radius 1 is 1.29 bits per heavy atom. The van der Waals surface area contributed by atoms with Crippen molar-refractivity contribution in [2.45, 2.75) is 57.9 Å². The number of aromatic nitrogens is 4. The van der Waals surface area contributed by atoms with Gasteiger partial charge in [0.1, 0.15) is 17.7 Å². The zero-order valence-electron chi connectivity index (χ0n) is 18.1. The Bertz CT molecular complexity index is 1130. The lowest BCUT2D eigenvalue weighted by Gasteiger charge is -2.27. The van der Waals surface area contributed by atoms with Gasteiger partial charge >= 0.3 is 0 Å². The molecule has 5 rings (SSSR count). The van der Waals surface area contributed by atoms with E-state index in [-0.39, 0.29) is 11.9 Å². The fourth-order valence-electron chi connectivity index (χ4n) is 5.14. The molecule has 1 aliphatic heterocycles. The lowest BCUT2D eigenvalue weighted by atomic mass is 9.81. The summed E-state index contributed by atoms with van der Waals surface area (Å²) in [5.74, 6) is 2.34. The number of para-hydroxylation sites is 1. The van der Waals surface area contributed by atoms with Gasteiger partial charge in [-0.25, -0.2) is 14.5 Å². The minimum absolute atomic E-state index is 0.0403. The number of nitrogen functional groups attached to an aromatic ring is 1. The van der Waals surface area contributed by atoms with Crippen molar-refractivity contribution in [3.63, 3.8) is 0 Å². The van der Waals surface area contributed by atoms with Gasteiger partial charge in [0, 0.05) is 31.5 Å². The van der Waals surface area contributed by atoms with E-state index in [1.807, 2.05) is 4.52 Å². The first-order valence-corrected chi connectivity index (χ1v) is 11.1. The molecule has 31 heavy (non-hydrogen) atoms. The Morgan fingerprint density at radius 3 is 2.84 bits per heavy atom. The first-order valence-electron chi connectivity index (χ1n) is 11.1. The summed E-state index contributed by atoms with van der Waals surface area (Å²) in [5.41, 5.74) is 11.8. The summed E-state index contributed by atoms with van der Waals surface area (Å²) >= 11 is 0. The van der Waals surface area contributed by atoms with E-state index in [2.05, 4.69) is 45.8 Å². The van der Waals surface area contributed by atoms with Gasteiger partial charge in [0.05, 0.1) is 11.7 Å². The Hall–Kier alpha value is -3.16. The van der Waals surface area contributed by atoms with Gasteiger partial charge < -0.3 is 16.4 Å². The summed E-state index contributed by atoms with van der Waals surface area (Å²) < 4.78 is 1.91. The molecule has 8 nitrogen and oxygen atoms in total. The summed E-state index contributed by atoms with van der Waals surface area (Å²) in [6.45, 7) is 4.46. The first kappa shape index (κ1) is 19.8. The summed E-state index contributed by atoms with van der Waals surface area (Å²) in [7, 11) is 0. The number of nitrogens with two attached hydrogens (primary N) is 1. The number of benzene rings is 1. The van der Waals surface area contributed by atoms with Crippen LogP contribution in [0.5, 0.6) is 0 Å². The molecule has 1 fully saturated rings. The SMILES string of the molecule is CC(=O)NC[C@H]1CC[C@H](c2nc(C3Cc4cccc(C)c4N3)c3c(N)ncnn32)CC1. The number of hydrogen-bond donors (Lipinski definition) is 3. The zero-order valence-corrected chi connectivity index (χ0v) is 18.1. The van der Waals surface area contributed by atoms with Crippen LogP contribution in [0.4, 0.5) is 11.5 Å². The zero-order chi connectivity index (χ0) is 21.5. The van der Waals surface area contributed by atoms with Crippen molar-refractivity contribution < 1.29 is 4.79 Å². The molecule has 1 unspecified atom stereocenters. The van der Waals surface area contributed by atoms with Crippen LogP contribution in [-0.2, 0) is 11.2 Å². The molecule has 0 bridgehead atoms. The minimum Gasteiger partial charge on any atom is -0.382 e. The standard InChI is InChI=1S/C23H29N7O/c1-13-4-3-5-17-10-18(28-19(13)17)20-21-22(24)26-12-27-30(21)23(29-20)16-8-6-15(7-9-16)11-25-14(2)31/h3-5,12,15-16,18,28H,6-11H2,1-2H3,(H,25,31)(H2,24,26,27)/t15-,16-,18?. The molecule has 0 saturated heterocycles. The normalized spacial score (nSPS) is 22.8. The molecule has 0 radical (unpaired) electrons. The number of anilines is 2. The third kappa shape index (κ3) is 3.60. The van der Waals surface area contributed by atoms with E-state index in [0.717, 1.165) is 55.7 Å². The Kier molecular flexibility index (Phi) is 5.00. The summed E-state index contributed by atoms with van der Waals surface area (Å²) in [5, 5.41) is 11.2. The fourth-order valence-corrected chi connectivity index (χ4v) is 5.14. The maximum Gasteiger partial charge on any atom is 0.216 e. The maximum absolute atomic E-state index is 11.2. The smallest absolute Gasteiger partial charge is 0.216 e. The molecule has 1 saturated carbocycles. The molecular formula is C23H29N7O. The number of carbonyl (C=O) groups is 1. The van der Waals surface area contributed by atoms with Crippen molar-refractivity contribution in [2.24, 2.45) is 5.92 Å². The Morgan fingerprint density at radius 2 is 2.10 bits per heavy atom. The van der Waals surface area contributed by atoms with Gasteiger partial charge in [0.25, 0.3) is 0 Å². The van der Waals surface area contributed by atoms with Gasteiger partial charge in [-0.15, -0.1) is 0 Å². The van der Waals surface area contributed by atoms with Crippen LogP contribution in [0, 0.1) is 12.8 Å². The largest absolute Gasteiger partial charge is 0.382 e. The van der Waals surface area contributed by atoms with Crippen LogP contribution in [0.15, 0.2) is 24.5 Å². The number of fused-ring (bicyclic) bond motifs is 2. The fraction of sp³-hybridized carbons (Fsp3) is 0.478. The molecular weight excluding hydrogens is 390 g/mol. The molecule has 3 heterocycles. The number of rotatable bonds is 4. The number of hydrogen-bond acceptors (Lipinski definition) is 6. The molecule has 2 aromatic heterocycles. The van der Waals surface area contributed by atoms with Gasteiger partial charge in [0.15, 0.2) is 5.82 Å². The minimum atomic E-state index is 0.0403. The van der Waals surface area contributed by atoms with E-state index in [1.54, 1.807) is 6.92 Å². The lowest BCUT2D eigenvalue weighted by Crippen LogP contribution is -2.29. The number of nitrogens with one attached hydrogen (secondary N) is 2. The molecule has 0 spiro atoms. The van der Waals surface area contributed by atoms with E-state index in [1.165, 1.54) is 23.1 Å². The molecule has 1 aromatic carbocycles. The second-order valence-electron chi connectivity index (χ2n) is 8.93. The number of aryl methyl sites for hydroxylation is 1. The number of nitrogens with zero attached hydrogens (tertiary/aromatic N) is 4. The second-order valence-corrected chi connectivity index (χ2v) is 8.93. The number of amides is 1. The van der Waals surface area contributed by atoms with E-state index in [4.69, 9.17) is 10.7 Å². The highest BCUT2D eigenvalue weighted by molar-refractivity contribution is 5.73. The van der Waals surface area contributed by atoms with Gasteiger partial charge in [-0.05, 0) is 49.7 Å². The molecule has 4 N–H and O–H groups in total. The van der Waals surface area contributed by atoms with Gasteiger partial charge in [-0.2, -0.15) is 5.10 Å². The third-order valence-electron chi connectivity index (χ3n) is 6.80. The van der Waals surface area contributed by atoms with E-state index >= 15 is 0 Å². The first-order chi connectivity index (χ1) is 15.0. The molecule has 1 atom stereocenters. The topological polar surface area (TPSA) is 110 Å². The highest BCUT2D eigenvalue weighted by atomic mass is 16.1. The van der Waals surface area contributed by atoms with Crippen molar-refractivity contribution >= 4 is 22.9 Å². The molecule has 1 aliphatic carbocycles. The quantitative estimate of drug-likeness (QED) is 0.599. The molecule has 2 aliphatic rings. The number of carbonyl (C=O) groups excluding carboxylic acids is 1. The monoisotopic (exact) mass is 419 g/mol. The van der Waals surface area contributed by atoms with Crippen LogP contribution < -0.4 is 16.4 Å². The van der Waals surface area contributed by atoms with Crippen molar-refractivity contribution in [1.82, 2.24) is 24.9 Å². The van der Waals surface area contributed by atoms with Gasteiger partial charge in [0.2, 0.25) is 5.91 Å². The van der Waals surface area contributed by atoms with Crippen LogP contribution in [-0.4, -0.2) is 32.0 Å². The lowest BCUT2D eigenvalue weighted by molar-refractivity contribution is -0.119. The van der Waals surface area contributed by atoms with Crippen LogP contribution in [0.1, 0.15) is 67.2 Å². The highest BCUT2D eigenvalue weighted by Gasteiger charge is 2.32. The molecule has 162 valence electrons. The Labute approximate surface area is 181 Å². The highest BCUT2D eigenvalue weighted by Crippen LogP contribution is 2.41. The van der Waals surface area contributed by atoms with Crippen LogP contribution in [0.2, 0.25) is 0 Å². The summed E-state index contributed by atoms with van der Waals surface area (Å²) in [6, 6.07) is 6.46. The number of imidazole rings is 1. The average Bonchev–Trinajstić information content (AvgIpc) is 3.36. The summed E-state index contributed by atoms with van der Waals surface area (Å²) in [6.07, 6.45) is 6.60. The van der Waals surface area contributed by atoms with Gasteiger partial charge in [-0.1, -0.05) is 18.2 Å². The van der Waals surface area contributed by atoms with Crippen molar-refractivity contribution in [1.29, 1.82) is 0 Å². The maximum atomic E-state index is 11.2. The van der Waals surface area contributed by atoms with E-state index < -0.39 is 0 Å². The Balaban J connectivity index is 1.43. The molecule has 8 heteroatoms. The van der Waals surface area contributed by atoms with E-state index in [0.29, 0.717) is 17.7 Å². The molecule has 1 amide bonds. The predicted octanol–water partition coefficient (Wildman–Crippen LogP) is 3.13. The second kappa shape index (κ2) is 7.83. The van der Waals surface area contributed by atoms with Gasteiger partial charge in [-0.3, -0.25) is 4.79 Å². The average molecular weight is 420 g/mol. The van der Waals surface area contributed by atoms with Crippen molar-refractivity contribution in [3.8, 4) is 0 Å². The van der Waals surface area contributed by atoms with Crippen LogP contribution >= 0.6 is 0 Å².